The van der Waals surface area contributed by atoms with Crippen LogP contribution in [0.2, 0.25) is 0 Å². The van der Waals surface area contributed by atoms with E-state index in [1.807, 2.05) is 12.4 Å². The maximum absolute atomic E-state index is 5.80. The summed E-state index contributed by atoms with van der Waals surface area (Å²) in [6.45, 7) is 1.83. The molecule has 0 saturated heterocycles. The summed E-state index contributed by atoms with van der Waals surface area (Å²) in [5.74, 6) is 0.944. The summed E-state index contributed by atoms with van der Waals surface area (Å²) in [5.41, 5.74) is 2.17. The Kier molecular flexibility index (Phi) is 2.83. The largest absolute Gasteiger partial charge is 0.491 e. The molecule has 0 unspecified atom stereocenters. The third-order valence-electron chi connectivity index (χ3n) is 2.80. The van der Waals surface area contributed by atoms with Gasteiger partial charge in [-0.1, -0.05) is 0 Å². The Labute approximate surface area is 115 Å². The minimum absolute atomic E-state index is 0.799. The Bertz CT molecular complexity index is 552. The number of rotatable bonds is 0. The highest BCUT2D eigenvalue weighted by atomic mass is 127. The molecule has 1 aromatic heterocycles. The molecule has 0 atom stereocenters. The summed E-state index contributed by atoms with van der Waals surface area (Å²) in [6, 6.07) is 2.05. The van der Waals surface area contributed by atoms with Crippen molar-refractivity contribution < 1.29 is 4.74 Å². The van der Waals surface area contributed by atoms with Crippen LogP contribution < -0.4 is 4.74 Å². The number of halogens is 2. The Balaban J connectivity index is 2.34. The fraction of sp³-hybridized carbons (Fsp3) is 0.364. The number of ether oxygens (including phenoxy) is 1. The van der Waals surface area contributed by atoms with E-state index in [9.17, 15) is 0 Å². The zero-order valence-electron chi connectivity index (χ0n) is 8.54. The van der Waals surface area contributed by atoms with Gasteiger partial charge in [-0.3, -0.25) is 0 Å². The van der Waals surface area contributed by atoms with Gasteiger partial charge in [0.05, 0.1) is 16.5 Å². The van der Waals surface area contributed by atoms with E-state index in [2.05, 4.69) is 48.1 Å². The third-order valence-corrected chi connectivity index (χ3v) is 5.26. The smallest absolute Gasteiger partial charge is 0.146 e. The molecular formula is C11H10BrIN2O. The Morgan fingerprint density at radius 2 is 2.31 bits per heavy atom. The van der Waals surface area contributed by atoms with Crippen LogP contribution in [0, 0.1) is 3.57 Å². The van der Waals surface area contributed by atoms with Gasteiger partial charge in [-0.2, -0.15) is 0 Å². The lowest BCUT2D eigenvalue weighted by molar-refractivity contribution is 0.299. The van der Waals surface area contributed by atoms with E-state index in [1.165, 1.54) is 0 Å². The van der Waals surface area contributed by atoms with E-state index in [-0.39, 0.29) is 0 Å². The molecule has 0 aliphatic carbocycles. The van der Waals surface area contributed by atoms with Gasteiger partial charge in [0.25, 0.3) is 0 Å². The van der Waals surface area contributed by atoms with E-state index in [0.29, 0.717) is 0 Å². The van der Waals surface area contributed by atoms with Gasteiger partial charge in [-0.25, -0.2) is 4.98 Å². The molecule has 5 heteroatoms. The van der Waals surface area contributed by atoms with Gasteiger partial charge < -0.3 is 9.30 Å². The van der Waals surface area contributed by atoms with Crippen LogP contribution in [0.4, 0.5) is 0 Å². The Hall–Kier alpha value is -0.300. The van der Waals surface area contributed by atoms with E-state index in [4.69, 9.17) is 4.74 Å². The lowest BCUT2D eigenvalue weighted by Crippen LogP contribution is -2.07. The molecule has 0 saturated carbocycles. The molecule has 0 N–H and O–H groups in total. The van der Waals surface area contributed by atoms with Crippen LogP contribution in [0.5, 0.6) is 5.75 Å². The SMILES string of the molecule is Brc1cc2c3c(ncn3CCCCO2)c1I. The molecule has 0 bridgehead atoms. The van der Waals surface area contributed by atoms with Crippen molar-refractivity contribution in [1.29, 1.82) is 0 Å². The molecule has 1 aromatic carbocycles. The first-order chi connectivity index (χ1) is 7.77. The van der Waals surface area contributed by atoms with Crippen molar-refractivity contribution in [3.63, 3.8) is 0 Å². The number of benzene rings is 1. The molecule has 3 rings (SSSR count). The predicted molar refractivity (Wildman–Crippen MR) is 74.9 cm³/mol. The van der Waals surface area contributed by atoms with Gasteiger partial charge in [-0.15, -0.1) is 0 Å². The van der Waals surface area contributed by atoms with Crippen molar-refractivity contribution in [3.8, 4) is 5.75 Å². The topological polar surface area (TPSA) is 27.1 Å². The maximum atomic E-state index is 5.80. The Morgan fingerprint density at radius 1 is 1.44 bits per heavy atom. The van der Waals surface area contributed by atoms with Gasteiger partial charge in [0.1, 0.15) is 16.8 Å². The van der Waals surface area contributed by atoms with Crippen LogP contribution in [0.3, 0.4) is 0 Å². The van der Waals surface area contributed by atoms with E-state index in [0.717, 1.165) is 50.8 Å². The zero-order chi connectivity index (χ0) is 11.1. The summed E-state index contributed by atoms with van der Waals surface area (Å²) >= 11 is 5.87. The van der Waals surface area contributed by atoms with Crippen molar-refractivity contribution in [2.45, 2.75) is 19.4 Å². The molecule has 2 heterocycles. The summed E-state index contributed by atoms with van der Waals surface area (Å²) in [6.07, 6.45) is 4.16. The van der Waals surface area contributed by atoms with E-state index < -0.39 is 0 Å². The number of aryl methyl sites for hydroxylation is 1. The van der Waals surface area contributed by atoms with Crippen molar-refractivity contribution >= 4 is 49.6 Å². The quantitative estimate of drug-likeness (QED) is 0.641. The molecule has 0 spiro atoms. The number of hydrogen-bond acceptors (Lipinski definition) is 2. The van der Waals surface area contributed by atoms with E-state index >= 15 is 0 Å². The maximum Gasteiger partial charge on any atom is 0.146 e. The van der Waals surface area contributed by atoms with Crippen LogP contribution in [-0.4, -0.2) is 16.2 Å². The standard InChI is InChI=1S/C11H10BrIN2O/c12-7-5-8-11-10(9(7)13)14-6-15(11)3-1-2-4-16-8/h5-6H,1-4H2. The lowest BCUT2D eigenvalue weighted by atomic mass is 10.2. The van der Waals surface area contributed by atoms with Crippen LogP contribution >= 0.6 is 38.5 Å². The molecule has 2 aromatic rings. The first-order valence-corrected chi connectivity index (χ1v) is 7.10. The molecular weight excluding hydrogens is 383 g/mol. The fourth-order valence-corrected chi connectivity index (χ4v) is 2.95. The van der Waals surface area contributed by atoms with Gasteiger partial charge in [0.15, 0.2) is 0 Å². The molecule has 0 fully saturated rings. The van der Waals surface area contributed by atoms with Gasteiger partial charge >= 0.3 is 0 Å². The first kappa shape index (κ1) is 10.8. The average Bonchev–Trinajstić information content (AvgIpc) is 2.65. The average molecular weight is 393 g/mol. The molecule has 0 radical (unpaired) electrons. The molecule has 84 valence electrons. The monoisotopic (exact) mass is 392 g/mol. The summed E-state index contributed by atoms with van der Waals surface area (Å²) in [4.78, 5) is 4.48. The molecule has 1 aliphatic rings. The summed E-state index contributed by atoms with van der Waals surface area (Å²) in [7, 11) is 0. The zero-order valence-corrected chi connectivity index (χ0v) is 12.3. The minimum atomic E-state index is 0.799. The number of aromatic nitrogens is 2. The van der Waals surface area contributed by atoms with Crippen molar-refractivity contribution in [3.05, 3.63) is 20.4 Å². The van der Waals surface area contributed by atoms with Crippen LogP contribution in [-0.2, 0) is 6.54 Å². The molecule has 1 aliphatic heterocycles. The fourth-order valence-electron chi connectivity index (χ4n) is 2.01. The van der Waals surface area contributed by atoms with Crippen molar-refractivity contribution in [2.24, 2.45) is 0 Å². The number of hydrogen-bond donors (Lipinski definition) is 0. The Morgan fingerprint density at radius 3 is 3.19 bits per heavy atom. The van der Waals surface area contributed by atoms with Crippen LogP contribution in [0.1, 0.15) is 12.8 Å². The number of nitrogens with zero attached hydrogens (tertiary/aromatic N) is 2. The third kappa shape index (κ3) is 1.64. The first-order valence-electron chi connectivity index (χ1n) is 5.23. The van der Waals surface area contributed by atoms with Gasteiger partial charge in [-0.05, 0) is 57.4 Å². The second-order valence-corrected chi connectivity index (χ2v) is 5.79. The summed E-state index contributed by atoms with van der Waals surface area (Å²) in [5, 5.41) is 0. The second kappa shape index (κ2) is 4.18. The number of imidazole rings is 1. The van der Waals surface area contributed by atoms with Crippen molar-refractivity contribution in [1.82, 2.24) is 9.55 Å². The minimum Gasteiger partial charge on any atom is -0.491 e. The molecule has 3 nitrogen and oxygen atoms in total. The van der Waals surface area contributed by atoms with Gasteiger partial charge in [0.2, 0.25) is 0 Å². The highest BCUT2D eigenvalue weighted by Gasteiger charge is 2.16. The highest BCUT2D eigenvalue weighted by Crippen LogP contribution is 2.35. The normalized spacial score (nSPS) is 15.6. The highest BCUT2D eigenvalue weighted by molar-refractivity contribution is 14.1. The van der Waals surface area contributed by atoms with Gasteiger partial charge in [0, 0.05) is 11.0 Å². The van der Waals surface area contributed by atoms with Crippen LogP contribution in [0.25, 0.3) is 11.0 Å². The van der Waals surface area contributed by atoms with Crippen LogP contribution in [0.15, 0.2) is 16.9 Å². The van der Waals surface area contributed by atoms with E-state index in [1.54, 1.807) is 0 Å². The predicted octanol–water partition coefficient (Wildman–Crippen LogP) is 3.58. The second-order valence-electron chi connectivity index (χ2n) is 3.86. The lowest BCUT2D eigenvalue weighted by Gasteiger charge is -2.15. The molecule has 0 amide bonds. The van der Waals surface area contributed by atoms with Crippen molar-refractivity contribution in [2.75, 3.05) is 6.61 Å². The molecule has 16 heavy (non-hydrogen) atoms. The summed E-state index contributed by atoms with van der Waals surface area (Å²) < 4.78 is 10.2.